The van der Waals surface area contributed by atoms with Crippen molar-refractivity contribution < 1.29 is 22.9 Å². The molecule has 1 aromatic heterocycles. The summed E-state index contributed by atoms with van der Waals surface area (Å²) in [6.07, 6.45) is 0.740. The van der Waals surface area contributed by atoms with Crippen molar-refractivity contribution in [3.8, 4) is 11.6 Å². The molecule has 0 aliphatic carbocycles. The fourth-order valence-electron chi connectivity index (χ4n) is 3.05. The molecule has 34 heavy (non-hydrogen) atoms. The number of nitro groups is 1. The maximum atomic E-state index is 13.1. The van der Waals surface area contributed by atoms with Crippen molar-refractivity contribution in [3.63, 3.8) is 0 Å². The first kappa shape index (κ1) is 27.3. The first-order chi connectivity index (χ1) is 15.6. The Morgan fingerprint density at radius 3 is 2.38 bits per heavy atom. The van der Waals surface area contributed by atoms with E-state index in [2.05, 4.69) is 15.1 Å². The van der Waals surface area contributed by atoms with Crippen LogP contribution in [0.3, 0.4) is 0 Å². The minimum absolute atomic E-state index is 0.0599. The molecular formula is C22H33N5O6S. The molecule has 1 aromatic carbocycles. The van der Waals surface area contributed by atoms with Crippen molar-refractivity contribution in [2.24, 2.45) is 0 Å². The number of benzene rings is 1. The first-order valence-corrected chi connectivity index (χ1v) is 12.5. The maximum absolute atomic E-state index is 13.1. The molecule has 2 rings (SSSR count). The van der Waals surface area contributed by atoms with E-state index in [0.717, 1.165) is 18.6 Å². The lowest BCUT2D eigenvalue weighted by Crippen LogP contribution is -2.40. The third kappa shape index (κ3) is 6.32. The number of amides is 1. The number of nitro benzene ring substituents is 1. The summed E-state index contributed by atoms with van der Waals surface area (Å²) >= 11 is 0. The van der Waals surface area contributed by atoms with Crippen molar-refractivity contribution in [2.75, 3.05) is 0 Å². The summed E-state index contributed by atoms with van der Waals surface area (Å²) in [7, 11) is -4.19. The van der Waals surface area contributed by atoms with E-state index in [1.807, 2.05) is 27.7 Å². The average molecular weight is 496 g/mol. The lowest BCUT2D eigenvalue weighted by molar-refractivity contribution is -0.385. The normalized spacial score (nSPS) is 13.1. The molecule has 12 heteroatoms. The minimum atomic E-state index is -4.19. The van der Waals surface area contributed by atoms with Crippen LogP contribution in [0.2, 0.25) is 0 Å². The van der Waals surface area contributed by atoms with E-state index in [4.69, 9.17) is 4.74 Å². The molecule has 2 aromatic rings. The standard InChI is InChI=1S/C22H33N5O6S/c1-9-14(4)23-20(28)19-15(5)21(26(24-19)13(2)3)33-17-11-10-16(27(29)30)12-18(17)34(31,32)25-22(6,7)8/h10-14,25H,9H2,1-8H3,(H,23,28). The third-order valence-corrected chi connectivity index (χ3v) is 6.64. The zero-order chi connectivity index (χ0) is 26.0. The van der Waals surface area contributed by atoms with Gasteiger partial charge >= 0.3 is 0 Å². The molecule has 1 amide bonds. The van der Waals surface area contributed by atoms with Crippen LogP contribution in [0.25, 0.3) is 0 Å². The highest BCUT2D eigenvalue weighted by Gasteiger charge is 2.30. The van der Waals surface area contributed by atoms with Gasteiger partial charge < -0.3 is 10.1 Å². The molecule has 0 aliphatic heterocycles. The number of hydrogen-bond acceptors (Lipinski definition) is 7. The molecule has 1 heterocycles. The number of carbonyl (C=O) groups excluding carboxylic acids is 1. The number of sulfonamides is 1. The molecule has 0 saturated carbocycles. The highest BCUT2D eigenvalue weighted by atomic mass is 32.2. The Bertz CT molecular complexity index is 1180. The van der Waals surface area contributed by atoms with Gasteiger partial charge in [0.1, 0.15) is 10.6 Å². The molecule has 1 unspecified atom stereocenters. The quantitative estimate of drug-likeness (QED) is 0.394. The van der Waals surface area contributed by atoms with Crippen LogP contribution in [0, 0.1) is 17.0 Å². The second-order valence-electron chi connectivity index (χ2n) is 9.45. The molecule has 11 nitrogen and oxygen atoms in total. The van der Waals surface area contributed by atoms with Gasteiger partial charge in [0.2, 0.25) is 15.9 Å². The summed E-state index contributed by atoms with van der Waals surface area (Å²) < 4.78 is 36.2. The number of non-ortho nitro benzene ring substituents is 1. The van der Waals surface area contributed by atoms with Gasteiger partial charge in [-0.25, -0.2) is 17.8 Å². The second-order valence-corrected chi connectivity index (χ2v) is 11.1. The van der Waals surface area contributed by atoms with Gasteiger partial charge in [-0.05, 0) is 61.0 Å². The molecule has 0 fully saturated rings. The van der Waals surface area contributed by atoms with Crippen LogP contribution in [0.1, 0.15) is 77.0 Å². The van der Waals surface area contributed by atoms with Gasteiger partial charge in [0.15, 0.2) is 5.69 Å². The van der Waals surface area contributed by atoms with E-state index < -0.39 is 31.1 Å². The van der Waals surface area contributed by atoms with Crippen LogP contribution in [0.4, 0.5) is 5.69 Å². The molecule has 0 bridgehead atoms. The molecule has 2 N–H and O–H groups in total. The van der Waals surface area contributed by atoms with E-state index in [-0.39, 0.29) is 35.3 Å². The Hall–Kier alpha value is -2.99. The number of hydrogen-bond donors (Lipinski definition) is 2. The van der Waals surface area contributed by atoms with Crippen LogP contribution in [0.5, 0.6) is 11.6 Å². The van der Waals surface area contributed by atoms with Crippen molar-refractivity contribution in [3.05, 3.63) is 39.6 Å². The summed E-state index contributed by atoms with van der Waals surface area (Å²) in [5.41, 5.74) is -0.662. The smallest absolute Gasteiger partial charge is 0.272 e. The third-order valence-electron chi connectivity index (χ3n) is 4.86. The Labute approximate surface area is 200 Å². The molecule has 0 radical (unpaired) electrons. The number of aromatic nitrogens is 2. The van der Waals surface area contributed by atoms with Crippen LogP contribution in [-0.4, -0.2) is 40.6 Å². The number of nitrogens with zero attached hydrogens (tertiary/aromatic N) is 3. The van der Waals surface area contributed by atoms with E-state index in [1.54, 1.807) is 27.7 Å². The van der Waals surface area contributed by atoms with Crippen molar-refractivity contribution in [2.45, 2.75) is 84.3 Å². The lowest BCUT2D eigenvalue weighted by Gasteiger charge is -2.21. The minimum Gasteiger partial charge on any atom is -0.438 e. The zero-order valence-electron chi connectivity index (χ0n) is 20.8. The molecule has 1 atom stereocenters. The number of carbonyl (C=O) groups is 1. The van der Waals surface area contributed by atoms with Crippen LogP contribution in [0.15, 0.2) is 23.1 Å². The van der Waals surface area contributed by atoms with Gasteiger partial charge in [0, 0.05) is 29.3 Å². The summed E-state index contributed by atoms with van der Waals surface area (Å²) in [6, 6.07) is 3.06. The van der Waals surface area contributed by atoms with Crippen LogP contribution >= 0.6 is 0 Å². The average Bonchev–Trinajstić information content (AvgIpc) is 3.02. The summed E-state index contributed by atoms with van der Waals surface area (Å²) in [4.78, 5) is 23.0. The SMILES string of the molecule is CCC(C)NC(=O)c1nn(C(C)C)c(Oc2ccc([N+](=O)[O-])cc2S(=O)(=O)NC(C)(C)C)c1C. The van der Waals surface area contributed by atoms with Crippen molar-refractivity contribution >= 4 is 21.6 Å². The van der Waals surface area contributed by atoms with Crippen LogP contribution in [-0.2, 0) is 10.0 Å². The molecular weight excluding hydrogens is 462 g/mol. The first-order valence-electron chi connectivity index (χ1n) is 11.0. The Balaban J connectivity index is 2.64. The highest BCUT2D eigenvalue weighted by molar-refractivity contribution is 7.89. The molecule has 0 saturated heterocycles. The van der Waals surface area contributed by atoms with Gasteiger partial charge in [-0.3, -0.25) is 14.9 Å². The van der Waals surface area contributed by atoms with Gasteiger partial charge in [-0.2, -0.15) is 5.10 Å². The topological polar surface area (TPSA) is 145 Å². The van der Waals surface area contributed by atoms with Crippen LogP contribution < -0.4 is 14.8 Å². The summed E-state index contributed by atoms with van der Waals surface area (Å²) in [5, 5.41) is 18.6. The zero-order valence-corrected chi connectivity index (χ0v) is 21.6. The monoisotopic (exact) mass is 495 g/mol. The number of rotatable bonds is 9. The Morgan fingerprint density at radius 1 is 1.26 bits per heavy atom. The van der Waals surface area contributed by atoms with E-state index in [0.29, 0.717) is 5.56 Å². The molecule has 188 valence electrons. The molecule has 0 spiro atoms. The second kappa shape index (κ2) is 10.1. The lowest BCUT2D eigenvalue weighted by atomic mass is 10.1. The van der Waals surface area contributed by atoms with Crippen molar-refractivity contribution in [1.82, 2.24) is 19.8 Å². The van der Waals surface area contributed by atoms with Crippen molar-refractivity contribution in [1.29, 1.82) is 0 Å². The summed E-state index contributed by atoms with van der Waals surface area (Å²) in [5.74, 6) is -0.325. The van der Waals surface area contributed by atoms with Gasteiger partial charge in [0.05, 0.1) is 11.0 Å². The number of nitrogens with one attached hydrogen (secondary N) is 2. The number of ether oxygens (including phenoxy) is 1. The van der Waals surface area contributed by atoms with E-state index in [9.17, 15) is 23.3 Å². The Morgan fingerprint density at radius 2 is 1.88 bits per heavy atom. The summed E-state index contributed by atoms with van der Waals surface area (Å²) in [6.45, 7) is 14.1. The van der Waals surface area contributed by atoms with Gasteiger partial charge in [-0.15, -0.1) is 0 Å². The predicted molar refractivity (Wildman–Crippen MR) is 128 cm³/mol. The fourth-order valence-corrected chi connectivity index (χ4v) is 4.62. The van der Waals surface area contributed by atoms with E-state index >= 15 is 0 Å². The largest absolute Gasteiger partial charge is 0.438 e. The fraction of sp³-hybridized carbons (Fsp3) is 0.545. The van der Waals surface area contributed by atoms with Gasteiger partial charge in [0.25, 0.3) is 11.6 Å². The molecule has 0 aliphatic rings. The van der Waals surface area contributed by atoms with E-state index in [1.165, 1.54) is 10.7 Å². The predicted octanol–water partition coefficient (Wildman–Crippen LogP) is 4.08. The Kier molecular flexibility index (Phi) is 8.10. The van der Waals surface area contributed by atoms with Gasteiger partial charge in [-0.1, -0.05) is 6.92 Å². The highest BCUT2D eigenvalue weighted by Crippen LogP contribution is 2.36. The maximum Gasteiger partial charge on any atom is 0.272 e.